The molecule has 1 saturated heterocycles. The molecule has 1 aliphatic heterocycles. The number of nitrogens with zero attached hydrogens (tertiary/aromatic N) is 1. The number of H-pyrrole nitrogens is 1. The van der Waals surface area contributed by atoms with Crippen LogP contribution in [0.1, 0.15) is 50.3 Å². The first kappa shape index (κ1) is 16.2. The number of carbonyl (C=O) groups is 1. The number of benzene rings is 1. The van der Waals surface area contributed by atoms with Crippen molar-refractivity contribution in [2.24, 2.45) is 0 Å². The summed E-state index contributed by atoms with van der Waals surface area (Å²) in [6.07, 6.45) is 3.44. The van der Waals surface area contributed by atoms with Crippen LogP contribution in [0.15, 0.2) is 18.2 Å². The van der Waals surface area contributed by atoms with E-state index in [-0.39, 0.29) is 6.03 Å². The van der Waals surface area contributed by atoms with Gasteiger partial charge in [0.1, 0.15) is 0 Å². The average Bonchev–Trinajstić information content (AvgIpc) is 2.94. The molecule has 124 valence electrons. The number of halogens is 1. The molecule has 0 radical (unpaired) electrons. The zero-order chi connectivity index (χ0) is 16.4. The predicted molar refractivity (Wildman–Crippen MR) is 95.1 cm³/mol. The third-order valence-corrected chi connectivity index (χ3v) is 4.82. The molecule has 1 fully saturated rings. The highest BCUT2D eigenvalue weighted by Crippen LogP contribution is 2.29. The van der Waals surface area contributed by atoms with Crippen molar-refractivity contribution in [2.75, 3.05) is 13.1 Å². The normalized spacial score (nSPS) is 15.4. The molecule has 2 heterocycles. The summed E-state index contributed by atoms with van der Waals surface area (Å²) < 4.78 is 0. The molecule has 0 saturated carbocycles. The third kappa shape index (κ3) is 3.63. The largest absolute Gasteiger partial charge is 0.357 e. The van der Waals surface area contributed by atoms with Gasteiger partial charge in [0, 0.05) is 34.7 Å². The molecule has 0 aliphatic carbocycles. The maximum Gasteiger partial charge on any atom is 0.317 e. The molecule has 4 nitrogen and oxygen atoms in total. The lowest BCUT2D eigenvalue weighted by atomic mass is 10.0. The van der Waals surface area contributed by atoms with Gasteiger partial charge >= 0.3 is 6.03 Å². The fourth-order valence-corrected chi connectivity index (χ4v) is 3.54. The van der Waals surface area contributed by atoms with Crippen molar-refractivity contribution in [3.8, 4) is 0 Å². The van der Waals surface area contributed by atoms with Crippen LogP contribution in [0.5, 0.6) is 0 Å². The zero-order valence-corrected chi connectivity index (χ0v) is 14.5. The molecule has 5 heteroatoms. The van der Waals surface area contributed by atoms with Crippen LogP contribution in [0.2, 0.25) is 5.02 Å². The number of fused-ring (bicyclic) bond motifs is 1. The number of aromatic amines is 1. The smallest absolute Gasteiger partial charge is 0.317 e. The van der Waals surface area contributed by atoms with Crippen LogP contribution in [0.4, 0.5) is 4.79 Å². The van der Waals surface area contributed by atoms with Gasteiger partial charge in [-0.25, -0.2) is 4.79 Å². The number of aromatic nitrogens is 1. The van der Waals surface area contributed by atoms with E-state index in [9.17, 15) is 4.79 Å². The topological polar surface area (TPSA) is 48.1 Å². The summed E-state index contributed by atoms with van der Waals surface area (Å²) in [7, 11) is 0. The van der Waals surface area contributed by atoms with Crippen LogP contribution < -0.4 is 5.32 Å². The fraction of sp³-hybridized carbons (Fsp3) is 0.500. The molecule has 1 aromatic heterocycles. The van der Waals surface area contributed by atoms with Crippen LogP contribution >= 0.6 is 11.6 Å². The van der Waals surface area contributed by atoms with Gasteiger partial charge in [0.25, 0.3) is 0 Å². The first-order valence-electron chi connectivity index (χ1n) is 8.38. The molecule has 23 heavy (non-hydrogen) atoms. The maximum atomic E-state index is 12.2. The Morgan fingerprint density at radius 3 is 2.70 bits per heavy atom. The van der Waals surface area contributed by atoms with Gasteiger partial charge in [0.2, 0.25) is 0 Å². The summed E-state index contributed by atoms with van der Waals surface area (Å²) in [4.78, 5) is 17.5. The molecular formula is C18H24ClN3O. The van der Waals surface area contributed by atoms with Crippen molar-refractivity contribution in [1.29, 1.82) is 0 Å². The van der Waals surface area contributed by atoms with E-state index in [0.717, 1.165) is 53.1 Å². The molecule has 2 amide bonds. The second-order valence-corrected chi connectivity index (χ2v) is 7.02. The lowest BCUT2D eigenvalue weighted by molar-refractivity contribution is 0.186. The van der Waals surface area contributed by atoms with Crippen molar-refractivity contribution in [3.05, 3.63) is 34.5 Å². The van der Waals surface area contributed by atoms with E-state index in [4.69, 9.17) is 11.6 Å². The van der Waals surface area contributed by atoms with Crippen LogP contribution in [-0.4, -0.2) is 29.0 Å². The molecular weight excluding hydrogens is 310 g/mol. The van der Waals surface area contributed by atoms with E-state index in [1.165, 1.54) is 6.42 Å². The Balaban J connectivity index is 1.69. The summed E-state index contributed by atoms with van der Waals surface area (Å²) in [6, 6.07) is 6.20. The number of amides is 2. The number of urea groups is 1. The van der Waals surface area contributed by atoms with Gasteiger partial charge in [0.05, 0.1) is 6.54 Å². The van der Waals surface area contributed by atoms with Gasteiger partial charge in [-0.05, 0) is 48.9 Å². The lowest BCUT2D eigenvalue weighted by Gasteiger charge is -2.26. The number of hydrogen-bond donors (Lipinski definition) is 2. The summed E-state index contributed by atoms with van der Waals surface area (Å²) in [5.74, 6) is 0.387. The van der Waals surface area contributed by atoms with Crippen molar-refractivity contribution < 1.29 is 4.79 Å². The van der Waals surface area contributed by atoms with E-state index >= 15 is 0 Å². The number of likely N-dealkylation sites (tertiary alicyclic amines) is 1. The molecule has 2 aromatic rings. The summed E-state index contributed by atoms with van der Waals surface area (Å²) in [5.41, 5.74) is 3.22. The average molecular weight is 334 g/mol. The van der Waals surface area contributed by atoms with Crippen molar-refractivity contribution in [1.82, 2.24) is 15.2 Å². The third-order valence-electron chi connectivity index (χ3n) is 4.49. The summed E-state index contributed by atoms with van der Waals surface area (Å²) in [5, 5.41) is 4.89. The van der Waals surface area contributed by atoms with Gasteiger partial charge in [-0.2, -0.15) is 0 Å². The van der Waals surface area contributed by atoms with E-state index in [0.29, 0.717) is 12.5 Å². The van der Waals surface area contributed by atoms with Crippen molar-refractivity contribution >= 4 is 28.5 Å². The van der Waals surface area contributed by atoms with E-state index in [1.54, 1.807) is 0 Å². The van der Waals surface area contributed by atoms with Gasteiger partial charge in [-0.1, -0.05) is 25.4 Å². The summed E-state index contributed by atoms with van der Waals surface area (Å²) in [6.45, 7) is 6.52. The quantitative estimate of drug-likeness (QED) is 0.844. The van der Waals surface area contributed by atoms with Crippen LogP contribution in [0.25, 0.3) is 10.9 Å². The Labute approximate surface area is 142 Å². The zero-order valence-electron chi connectivity index (χ0n) is 13.8. The minimum Gasteiger partial charge on any atom is -0.357 e. The molecule has 2 N–H and O–H groups in total. The van der Waals surface area contributed by atoms with Gasteiger partial charge < -0.3 is 15.2 Å². The molecule has 0 spiro atoms. The predicted octanol–water partition coefficient (Wildman–Crippen LogP) is 4.64. The Bertz CT molecular complexity index is 702. The molecule has 3 rings (SSSR count). The van der Waals surface area contributed by atoms with Gasteiger partial charge in [0.15, 0.2) is 0 Å². The lowest BCUT2D eigenvalue weighted by Crippen LogP contribution is -2.42. The van der Waals surface area contributed by atoms with E-state index < -0.39 is 0 Å². The second-order valence-electron chi connectivity index (χ2n) is 6.62. The maximum absolute atomic E-state index is 12.2. The highest BCUT2D eigenvalue weighted by atomic mass is 35.5. The Morgan fingerprint density at radius 1 is 1.26 bits per heavy atom. The molecule has 0 unspecified atom stereocenters. The van der Waals surface area contributed by atoms with E-state index in [1.807, 2.05) is 11.0 Å². The van der Waals surface area contributed by atoms with Crippen molar-refractivity contribution in [3.63, 3.8) is 0 Å². The second kappa shape index (κ2) is 6.83. The minimum absolute atomic E-state index is 0.0317. The first-order chi connectivity index (χ1) is 11.0. The number of carbonyl (C=O) groups excluding carboxylic acids is 1. The van der Waals surface area contributed by atoms with Crippen LogP contribution in [-0.2, 0) is 6.54 Å². The number of rotatable bonds is 3. The Hall–Kier alpha value is -1.68. The SMILES string of the molecule is CC(C)c1cc2[nH]c(CNC(=O)N3CCCCC3)cc2cc1Cl. The van der Waals surface area contributed by atoms with E-state index in [2.05, 4.69) is 36.3 Å². The Morgan fingerprint density at radius 2 is 2.00 bits per heavy atom. The highest BCUT2D eigenvalue weighted by molar-refractivity contribution is 6.32. The summed E-state index contributed by atoms with van der Waals surface area (Å²) >= 11 is 6.35. The standard InChI is InChI=1S/C18H24ClN3O/c1-12(2)15-10-17-13(9-16(15)19)8-14(21-17)11-20-18(23)22-6-4-3-5-7-22/h8-10,12,21H,3-7,11H2,1-2H3,(H,20,23). The van der Waals surface area contributed by atoms with Crippen molar-refractivity contribution in [2.45, 2.75) is 45.6 Å². The Kier molecular flexibility index (Phi) is 4.81. The number of hydrogen-bond acceptors (Lipinski definition) is 1. The first-order valence-corrected chi connectivity index (χ1v) is 8.76. The molecule has 0 atom stereocenters. The van der Waals surface area contributed by atoms with Crippen LogP contribution in [0, 0.1) is 0 Å². The monoisotopic (exact) mass is 333 g/mol. The highest BCUT2D eigenvalue weighted by Gasteiger charge is 2.16. The molecule has 1 aliphatic rings. The fourth-order valence-electron chi connectivity index (χ4n) is 3.15. The molecule has 1 aromatic carbocycles. The van der Waals surface area contributed by atoms with Crippen LogP contribution in [0.3, 0.4) is 0 Å². The van der Waals surface area contributed by atoms with Gasteiger partial charge in [-0.15, -0.1) is 0 Å². The minimum atomic E-state index is 0.0317. The van der Waals surface area contributed by atoms with Gasteiger partial charge in [-0.3, -0.25) is 0 Å². The number of nitrogens with one attached hydrogen (secondary N) is 2. The molecule has 0 bridgehead atoms. The number of piperidine rings is 1.